The lowest BCUT2D eigenvalue weighted by Gasteiger charge is -2.37. The molecule has 0 aromatic heterocycles. The van der Waals surface area contributed by atoms with Gasteiger partial charge in [0.25, 0.3) is 0 Å². The first-order valence-electron chi connectivity index (χ1n) is 7.60. The number of allylic oxidation sites excluding steroid dienone is 1. The van der Waals surface area contributed by atoms with Crippen LogP contribution in [0.5, 0.6) is 0 Å². The second-order valence-electron chi connectivity index (χ2n) is 5.90. The summed E-state index contributed by atoms with van der Waals surface area (Å²) in [4.78, 5) is 23.5. The van der Waals surface area contributed by atoms with Crippen LogP contribution in [-0.2, 0) is 19.1 Å². The van der Waals surface area contributed by atoms with E-state index in [1.54, 1.807) is 12.1 Å². The number of carbonyl (C=O) groups is 2. The van der Waals surface area contributed by atoms with Crippen molar-refractivity contribution in [3.05, 3.63) is 41.1 Å². The standard InChI is InChI=1S/C17H18ClNO4/c18-11-3-1-10(2-4-11)14-8-23-15-7-12(22-9-16(19)20)5-6-13(15)17(14)21/h1-4,8,12-13,15H,5-7,9H2,(H2,19,20). The average Bonchev–Trinajstić information content (AvgIpc) is 2.54. The van der Waals surface area contributed by atoms with E-state index in [4.69, 9.17) is 26.8 Å². The van der Waals surface area contributed by atoms with Gasteiger partial charge < -0.3 is 15.2 Å². The Kier molecular flexibility index (Phi) is 4.68. The summed E-state index contributed by atoms with van der Waals surface area (Å²) in [6, 6.07) is 7.14. The van der Waals surface area contributed by atoms with Crippen LogP contribution >= 0.6 is 11.6 Å². The number of hydrogen-bond donors (Lipinski definition) is 1. The minimum absolute atomic E-state index is 0.0944. The Morgan fingerprint density at radius 3 is 2.74 bits per heavy atom. The van der Waals surface area contributed by atoms with Crippen molar-refractivity contribution in [1.29, 1.82) is 0 Å². The number of ether oxygens (including phenoxy) is 2. The van der Waals surface area contributed by atoms with E-state index in [0.29, 0.717) is 23.4 Å². The lowest BCUT2D eigenvalue weighted by molar-refractivity contribution is -0.133. The second kappa shape index (κ2) is 6.72. The van der Waals surface area contributed by atoms with Gasteiger partial charge in [-0.3, -0.25) is 9.59 Å². The minimum Gasteiger partial charge on any atom is -0.496 e. The van der Waals surface area contributed by atoms with Crippen molar-refractivity contribution in [2.75, 3.05) is 6.61 Å². The van der Waals surface area contributed by atoms with Crippen LogP contribution in [0.2, 0.25) is 5.02 Å². The summed E-state index contributed by atoms with van der Waals surface area (Å²) in [7, 11) is 0. The average molecular weight is 336 g/mol. The van der Waals surface area contributed by atoms with E-state index in [1.165, 1.54) is 6.26 Å². The number of fused-ring (bicyclic) bond motifs is 1. The largest absolute Gasteiger partial charge is 0.496 e. The SMILES string of the molecule is NC(=O)COC1CCC2C(=O)C(c3ccc(Cl)cc3)=COC2C1. The Hall–Kier alpha value is -1.85. The third-order valence-electron chi connectivity index (χ3n) is 4.32. The summed E-state index contributed by atoms with van der Waals surface area (Å²) in [5.41, 5.74) is 6.48. The molecule has 1 aliphatic heterocycles. The highest BCUT2D eigenvalue weighted by atomic mass is 35.5. The number of benzene rings is 1. The summed E-state index contributed by atoms with van der Waals surface area (Å²) in [5, 5.41) is 0.628. The normalized spacial score (nSPS) is 26.9. The molecule has 1 aliphatic carbocycles. The molecule has 1 fully saturated rings. The molecular formula is C17H18ClNO4. The number of hydrogen-bond acceptors (Lipinski definition) is 4. The van der Waals surface area contributed by atoms with E-state index in [0.717, 1.165) is 12.0 Å². The number of amides is 1. The first-order chi connectivity index (χ1) is 11.0. The summed E-state index contributed by atoms with van der Waals surface area (Å²) in [6.07, 6.45) is 3.22. The minimum atomic E-state index is -0.488. The van der Waals surface area contributed by atoms with Crippen molar-refractivity contribution in [2.45, 2.75) is 31.5 Å². The molecular weight excluding hydrogens is 318 g/mol. The molecule has 3 unspecified atom stereocenters. The number of halogens is 1. The maximum atomic E-state index is 12.7. The van der Waals surface area contributed by atoms with Gasteiger partial charge in [0.05, 0.1) is 23.9 Å². The number of carbonyl (C=O) groups excluding carboxylic acids is 2. The molecule has 0 radical (unpaired) electrons. The maximum Gasteiger partial charge on any atom is 0.243 e. The van der Waals surface area contributed by atoms with E-state index in [9.17, 15) is 9.59 Å². The Labute approximate surface area is 139 Å². The molecule has 3 atom stereocenters. The van der Waals surface area contributed by atoms with Crippen LogP contribution in [0.4, 0.5) is 0 Å². The van der Waals surface area contributed by atoms with E-state index in [-0.39, 0.29) is 30.5 Å². The molecule has 1 heterocycles. The quantitative estimate of drug-likeness (QED) is 0.915. The highest BCUT2D eigenvalue weighted by molar-refractivity contribution is 6.30. The van der Waals surface area contributed by atoms with Crippen LogP contribution in [0.25, 0.3) is 5.57 Å². The van der Waals surface area contributed by atoms with Gasteiger partial charge in [-0.1, -0.05) is 23.7 Å². The molecule has 3 rings (SSSR count). The number of ketones is 1. The highest BCUT2D eigenvalue weighted by Gasteiger charge is 2.40. The van der Waals surface area contributed by atoms with Gasteiger partial charge in [-0.2, -0.15) is 0 Å². The van der Waals surface area contributed by atoms with Crippen molar-refractivity contribution in [3.63, 3.8) is 0 Å². The number of nitrogens with two attached hydrogens (primary N) is 1. The molecule has 2 aliphatic rings. The van der Waals surface area contributed by atoms with Gasteiger partial charge in [-0.15, -0.1) is 0 Å². The van der Waals surface area contributed by atoms with Crippen molar-refractivity contribution in [2.24, 2.45) is 11.7 Å². The van der Waals surface area contributed by atoms with Crippen molar-refractivity contribution in [1.82, 2.24) is 0 Å². The number of primary amides is 1. The van der Waals surface area contributed by atoms with Crippen molar-refractivity contribution in [3.8, 4) is 0 Å². The molecule has 1 aromatic rings. The first-order valence-corrected chi connectivity index (χ1v) is 7.98. The predicted octanol–water partition coefficient (Wildman–Crippen LogP) is 2.32. The van der Waals surface area contributed by atoms with E-state index in [1.807, 2.05) is 12.1 Å². The molecule has 1 saturated carbocycles. The number of Topliss-reactive ketones (excluding diaryl/α,β-unsaturated/α-hetero) is 1. The van der Waals surface area contributed by atoms with Gasteiger partial charge in [0.15, 0.2) is 5.78 Å². The molecule has 122 valence electrons. The zero-order valence-corrected chi connectivity index (χ0v) is 13.3. The van der Waals surface area contributed by atoms with Crippen LogP contribution in [0.15, 0.2) is 30.5 Å². The van der Waals surface area contributed by atoms with Crippen LogP contribution in [0.1, 0.15) is 24.8 Å². The van der Waals surface area contributed by atoms with Gasteiger partial charge in [0, 0.05) is 11.4 Å². The smallest absolute Gasteiger partial charge is 0.243 e. The third kappa shape index (κ3) is 3.57. The van der Waals surface area contributed by atoms with Gasteiger partial charge in [-0.25, -0.2) is 0 Å². The summed E-state index contributed by atoms with van der Waals surface area (Å²) in [6.45, 7) is -0.0954. The predicted molar refractivity (Wildman–Crippen MR) is 85.6 cm³/mol. The van der Waals surface area contributed by atoms with E-state index < -0.39 is 5.91 Å². The zero-order chi connectivity index (χ0) is 16.4. The molecule has 0 saturated heterocycles. The van der Waals surface area contributed by atoms with Gasteiger partial charge in [0.2, 0.25) is 5.91 Å². The molecule has 2 N–H and O–H groups in total. The molecule has 5 nitrogen and oxygen atoms in total. The van der Waals surface area contributed by atoms with Crippen LogP contribution in [0, 0.1) is 5.92 Å². The zero-order valence-electron chi connectivity index (χ0n) is 12.5. The fourth-order valence-electron chi connectivity index (χ4n) is 3.15. The monoisotopic (exact) mass is 335 g/mol. The van der Waals surface area contributed by atoms with Crippen LogP contribution in [-0.4, -0.2) is 30.5 Å². The van der Waals surface area contributed by atoms with Crippen molar-refractivity contribution < 1.29 is 19.1 Å². The summed E-state index contributed by atoms with van der Waals surface area (Å²) < 4.78 is 11.2. The Balaban J connectivity index is 1.70. The van der Waals surface area contributed by atoms with Gasteiger partial charge in [-0.05, 0) is 30.5 Å². The Morgan fingerprint density at radius 1 is 1.30 bits per heavy atom. The molecule has 23 heavy (non-hydrogen) atoms. The summed E-state index contributed by atoms with van der Waals surface area (Å²) in [5.74, 6) is -0.561. The highest BCUT2D eigenvalue weighted by Crippen LogP contribution is 2.37. The fourth-order valence-corrected chi connectivity index (χ4v) is 3.27. The Morgan fingerprint density at radius 2 is 2.04 bits per heavy atom. The Bertz CT molecular complexity index is 640. The summed E-state index contributed by atoms with van der Waals surface area (Å²) >= 11 is 5.88. The van der Waals surface area contributed by atoms with Crippen LogP contribution in [0.3, 0.4) is 0 Å². The lowest BCUT2D eigenvalue weighted by Crippen LogP contribution is -2.42. The van der Waals surface area contributed by atoms with Gasteiger partial charge in [0.1, 0.15) is 12.7 Å². The molecule has 0 spiro atoms. The second-order valence-corrected chi connectivity index (χ2v) is 6.33. The van der Waals surface area contributed by atoms with Gasteiger partial charge >= 0.3 is 0 Å². The third-order valence-corrected chi connectivity index (χ3v) is 4.58. The molecule has 6 heteroatoms. The molecule has 0 bridgehead atoms. The van der Waals surface area contributed by atoms with E-state index >= 15 is 0 Å². The molecule has 1 amide bonds. The topological polar surface area (TPSA) is 78.6 Å². The van der Waals surface area contributed by atoms with Crippen molar-refractivity contribution >= 4 is 28.9 Å². The lowest BCUT2D eigenvalue weighted by atomic mass is 9.78. The maximum absolute atomic E-state index is 12.7. The van der Waals surface area contributed by atoms with E-state index in [2.05, 4.69) is 0 Å². The number of rotatable bonds is 4. The molecule has 1 aromatic carbocycles. The fraction of sp³-hybridized carbons (Fsp3) is 0.412. The van der Waals surface area contributed by atoms with Crippen LogP contribution < -0.4 is 5.73 Å². The first kappa shape index (κ1) is 16.0.